The number of nitrogens with one attached hydrogen (secondary N) is 1. The Kier molecular flexibility index (Phi) is 5.33. The van der Waals surface area contributed by atoms with E-state index in [9.17, 15) is 15.0 Å². The molecule has 1 fully saturated rings. The number of nitrogens with two attached hydrogens (primary N) is 1. The van der Waals surface area contributed by atoms with Gasteiger partial charge in [0.05, 0.1) is 12.6 Å². The van der Waals surface area contributed by atoms with Crippen LogP contribution in [0.5, 0.6) is 5.75 Å². The van der Waals surface area contributed by atoms with Crippen LogP contribution < -0.4 is 15.8 Å². The van der Waals surface area contributed by atoms with Gasteiger partial charge in [-0.15, -0.1) is 0 Å². The first-order valence-corrected chi connectivity index (χ1v) is 6.84. The summed E-state index contributed by atoms with van der Waals surface area (Å²) in [5.41, 5.74) is 6.38. The number of carbonyl (C=O) groups is 1. The number of hydrogen-bond acceptors (Lipinski definition) is 7. The van der Waals surface area contributed by atoms with Gasteiger partial charge in [0.1, 0.15) is 24.1 Å². The van der Waals surface area contributed by atoms with E-state index in [1.54, 1.807) is 24.3 Å². The first-order chi connectivity index (χ1) is 10.4. The fourth-order valence-corrected chi connectivity index (χ4v) is 2.16. The summed E-state index contributed by atoms with van der Waals surface area (Å²) in [7, 11) is 0. The van der Waals surface area contributed by atoms with E-state index in [4.69, 9.17) is 20.3 Å². The highest BCUT2D eigenvalue weighted by Crippen LogP contribution is 2.24. The van der Waals surface area contributed by atoms with Gasteiger partial charge >= 0.3 is 0 Å². The van der Waals surface area contributed by atoms with E-state index in [-0.39, 0.29) is 5.91 Å². The summed E-state index contributed by atoms with van der Waals surface area (Å²) in [6.45, 7) is 0.938. The molecule has 0 aromatic heterocycles. The van der Waals surface area contributed by atoms with E-state index in [0.717, 1.165) is 0 Å². The van der Waals surface area contributed by atoms with Crippen LogP contribution in [0.15, 0.2) is 24.3 Å². The van der Waals surface area contributed by atoms with Crippen LogP contribution in [0, 0.1) is 0 Å². The molecule has 0 unspecified atom stereocenters. The summed E-state index contributed by atoms with van der Waals surface area (Å²) >= 11 is 0. The fourth-order valence-electron chi connectivity index (χ4n) is 2.16. The maximum atomic E-state index is 10.9. The minimum atomic E-state index is -1.28. The zero-order valence-corrected chi connectivity index (χ0v) is 12.0. The van der Waals surface area contributed by atoms with Gasteiger partial charge in [-0.3, -0.25) is 4.79 Å². The Morgan fingerprint density at radius 2 is 1.95 bits per heavy atom. The van der Waals surface area contributed by atoms with Crippen molar-refractivity contribution in [3.8, 4) is 5.75 Å². The van der Waals surface area contributed by atoms with Crippen LogP contribution in [0.3, 0.4) is 0 Å². The number of aliphatic hydroxyl groups excluding tert-OH is 3. The molecule has 1 aliphatic rings. The Bertz CT molecular complexity index is 507. The Labute approximate surface area is 127 Å². The second kappa shape index (κ2) is 7.03. The topological polar surface area (TPSA) is 134 Å². The average molecular weight is 312 g/mol. The number of aliphatic hydroxyl groups is 3. The van der Waals surface area contributed by atoms with Crippen LogP contribution in [-0.2, 0) is 9.53 Å². The fraction of sp³-hybridized carbons (Fsp3) is 0.500. The Balaban J connectivity index is 2.04. The van der Waals surface area contributed by atoms with Gasteiger partial charge in [-0.1, -0.05) is 0 Å². The summed E-state index contributed by atoms with van der Waals surface area (Å²) in [4.78, 5) is 10.9. The third-order valence-corrected chi connectivity index (χ3v) is 3.36. The van der Waals surface area contributed by atoms with Gasteiger partial charge < -0.3 is 35.8 Å². The normalized spacial score (nSPS) is 31.6. The summed E-state index contributed by atoms with van der Waals surface area (Å²) in [6.07, 6.45) is -4.53. The highest BCUT2D eigenvalue weighted by Gasteiger charge is 2.43. The third-order valence-electron chi connectivity index (χ3n) is 3.36. The lowest BCUT2D eigenvalue weighted by molar-refractivity contribution is -0.239. The van der Waals surface area contributed by atoms with Crippen LogP contribution >= 0.6 is 0 Å². The Morgan fingerprint density at radius 1 is 1.32 bits per heavy atom. The highest BCUT2D eigenvalue weighted by molar-refractivity contribution is 5.88. The zero-order chi connectivity index (χ0) is 16.3. The zero-order valence-electron chi connectivity index (χ0n) is 12.0. The monoisotopic (exact) mass is 312 g/mol. The number of benzene rings is 1. The number of carbonyl (C=O) groups excluding carboxylic acids is 1. The first kappa shape index (κ1) is 16.7. The minimum Gasteiger partial charge on any atom is -0.463 e. The molecule has 0 spiro atoms. The Hall–Kier alpha value is -1.71. The van der Waals surface area contributed by atoms with Crippen LogP contribution in [0.4, 0.5) is 5.69 Å². The molecular weight excluding hydrogens is 292 g/mol. The summed E-state index contributed by atoms with van der Waals surface area (Å²) in [5.74, 6) is 0.226. The van der Waals surface area contributed by atoms with Crippen molar-refractivity contribution in [1.82, 2.24) is 0 Å². The molecule has 1 heterocycles. The van der Waals surface area contributed by atoms with E-state index < -0.39 is 37.3 Å². The predicted octanol–water partition coefficient (Wildman–Crippen LogP) is -1.21. The molecule has 5 atom stereocenters. The van der Waals surface area contributed by atoms with E-state index in [1.807, 2.05) is 0 Å². The second-order valence-corrected chi connectivity index (χ2v) is 5.11. The average Bonchev–Trinajstić information content (AvgIpc) is 2.49. The molecule has 0 radical (unpaired) electrons. The van der Waals surface area contributed by atoms with E-state index in [0.29, 0.717) is 11.4 Å². The molecule has 1 amide bonds. The first-order valence-electron chi connectivity index (χ1n) is 6.84. The lowest BCUT2D eigenvalue weighted by Crippen LogP contribution is -2.63. The molecule has 1 aromatic rings. The van der Waals surface area contributed by atoms with Crippen LogP contribution in [-0.4, -0.2) is 58.5 Å². The summed E-state index contributed by atoms with van der Waals surface area (Å²) < 4.78 is 10.9. The molecule has 6 N–H and O–H groups in total. The molecule has 2 rings (SSSR count). The van der Waals surface area contributed by atoms with Crippen LogP contribution in [0.1, 0.15) is 6.92 Å². The predicted molar refractivity (Wildman–Crippen MR) is 77.1 cm³/mol. The number of rotatable bonds is 4. The molecule has 8 heteroatoms. The molecule has 0 aliphatic carbocycles. The van der Waals surface area contributed by atoms with Crippen molar-refractivity contribution < 1.29 is 29.6 Å². The molecule has 1 aliphatic heterocycles. The van der Waals surface area contributed by atoms with Gasteiger partial charge in [0.2, 0.25) is 12.2 Å². The number of ether oxygens (including phenoxy) is 2. The van der Waals surface area contributed by atoms with Gasteiger partial charge in [0.15, 0.2) is 0 Å². The van der Waals surface area contributed by atoms with Crippen molar-refractivity contribution in [2.75, 3.05) is 11.9 Å². The van der Waals surface area contributed by atoms with Gasteiger partial charge in [-0.05, 0) is 24.3 Å². The van der Waals surface area contributed by atoms with Gasteiger partial charge in [0.25, 0.3) is 0 Å². The van der Waals surface area contributed by atoms with Crippen molar-refractivity contribution in [2.24, 2.45) is 5.73 Å². The van der Waals surface area contributed by atoms with Crippen molar-refractivity contribution in [2.45, 2.75) is 37.6 Å². The van der Waals surface area contributed by atoms with Gasteiger partial charge in [0, 0.05) is 12.6 Å². The summed E-state index contributed by atoms with van der Waals surface area (Å²) in [6, 6.07) is 5.52. The maximum absolute atomic E-state index is 10.9. The number of hydrogen-bond donors (Lipinski definition) is 5. The van der Waals surface area contributed by atoms with Gasteiger partial charge in [-0.25, -0.2) is 0 Å². The lowest BCUT2D eigenvalue weighted by atomic mass is 9.98. The third kappa shape index (κ3) is 3.73. The van der Waals surface area contributed by atoms with Gasteiger partial charge in [-0.2, -0.15) is 0 Å². The largest absolute Gasteiger partial charge is 0.463 e. The molecule has 122 valence electrons. The van der Waals surface area contributed by atoms with Crippen molar-refractivity contribution in [1.29, 1.82) is 0 Å². The van der Waals surface area contributed by atoms with Crippen LogP contribution in [0.25, 0.3) is 0 Å². The van der Waals surface area contributed by atoms with Crippen LogP contribution in [0.2, 0.25) is 0 Å². The second-order valence-electron chi connectivity index (χ2n) is 5.11. The summed E-state index contributed by atoms with van der Waals surface area (Å²) in [5, 5.41) is 31.3. The standard InChI is InChI=1S/C14H20N2O6/c1-7(18)16-8-2-4-9(5-3-8)21-14-11(15)13(20)12(19)10(6-17)22-14/h2-5,10-14,17,19-20H,6,15H2,1H3,(H,16,18)/t10-,11-,12-,13-,14+/m1/s1. The molecule has 8 nitrogen and oxygen atoms in total. The van der Waals surface area contributed by atoms with E-state index >= 15 is 0 Å². The highest BCUT2D eigenvalue weighted by atomic mass is 16.7. The molecular formula is C14H20N2O6. The number of amides is 1. The molecule has 0 bridgehead atoms. The quantitative estimate of drug-likeness (QED) is 0.471. The SMILES string of the molecule is CC(=O)Nc1ccc(O[C@H]2O[C@H](CO)[C@@H](O)[C@H](O)[C@H]2N)cc1. The molecule has 1 saturated heterocycles. The van der Waals surface area contributed by atoms with Crippen molar-refractivity contribution >= 4 is 11.6 Å². The smallest absolute Gasteiger partial charge is 0.221 e. The number of anilines is 1. The molecule has 22 heavy (non-hydrogen) atoms. The molecule has 1 aromatic carbocycles. The minimum absolute atomic E-state index is 0.186. The lowest BCUT2D eigenvalue weighted by Gasteiger charge is -2.40. The van der Waals surface area contributed by atoms with Crippen molar-refractivity contribution in [3.05, 3.63) is 24.3 Å². The molecule has 0 saturated carbocycles. The maximum Gasteiger partial charge on any atom is 0.221 e. The van der Waals surface area contributed by atoms with E-state index in [2.05, 4.69) is 5.32 Å². The van der Waals surface area contributed by atoms with E-state index in [1.165, 1.54) is 6.92 Å². The van der Waals surface area contributed by atoms with Crippen molar-refractivity contribution in [3.63, 3.8) is 0 Å². The Morgan fingerprint density at radius 3 is 2.50 bits per heavy atom.